The molecule has 0 spiro atoms. The van der Waals surface area contributed by atoms with Crippen LogP contribution in [0, 0.1) is 24.0 Å². The van der Waals surface area contributed by atoms with Gasteiger partial charge in [0.25, 0.3) is 11.6 Å². The number of thioether (sulfide) groups is 1. The highest BCUT2D eigenvalue weighted by Crippen LogP contribution is 2.31. The minimum Gasteiger partial charge on any atom is -0.300 e. The molecule has 1 amide bonds. The molecule has 0 aromatic heterocycles. The molecule has 8 heteroatoms. The van der Waals surface area contributed by atoms with Gasteiger partial charge in [-0.05, 0) is 60.5 Å². The van der Waals surface area contributed by atoms with Gasteiger partial charge in [0, 0.05) is 6.07 Å². The van der Waals surface area contributed by atoms with Crippen LogP contribution in [0.25, 0.3) is 6.08 Å². The van der Waals surface area contributed by atoms with Crippen LogP contribution in [-0.2, 0) is 4.79 Å². The summed E-state index contributed by atoms with van der Waals surface area (Å²) in [6.45, 7) is 3.92. The smallest absolute Gasteiger partial charge is 0.288 e. The van der Waals surface area contributed by atoms with Crippen molar-refractivity contribution in [1.29, 1.82) is 0 Å². The highest BCUT2D eigenvalue weighted by molar-refractivity contribution is 8.18. The quantitative estimate of drug-likeness (QED) is 0.467. The predicted molar refractivity (Wildman–Crippen MR) is 105 cm³/mol. The Bertz CT molecular complexity index is 986. The molecule has 1 fully saturated rings. The summed E-state index contributed by atoms with van der Waals surface area (Å²) in [6, 6.07) is 10.3. The molecule has 0 bridgehead atoms. The van der Waals surface area contributed by atoms with Crippen LogP contribution in [0.1, 0.15) is 16.7 Å². The van der Waals surface area contributed by atoms with E-state index in [2.05, 4.69) is 10.3 Å². The Morgan fingerprint density at radius 1 is 1.23 bits per heavy atom. The molecule has 132 valence electrons. The lowest BCUT2D eigenvalue weighted by atomic mass is 10.1. The van der Waals surface area contributed by atoms with Crippen molar-refractivity contribution in [3.8, 4) is 0 Å². The Balaban J connectivity index is 1.89. The summed E-state index contributed by atoms with van der Waals surface area (Å²) >= 11 is 7.00. The third-order valence-electron chi connectivity index (χ3n) is 3.70. The SMILES string of the molecule is Cc1ccc(C)c(N=C2NC(=O)/C(=C\c3ccc(Cl)c([N+](=O)[O-])c3)S2)c1. The minimum absolute atomic E-state index is 0.0536. The van der Waals surface area contributed by atoms with E-state index in [1.807, 2.05) is 32.0 Å². The van der Waals surface area contributed by atoms with Crippen molar-refractivity contribution in [2.24, 2.45) is 4.99 Å². The van der Waals surface area contributed by atoms with Gasteiger partial charge in [-0.1, -0.05) is 29.8 Å². The number of carbonyl (C=O) groups excluding carboxylic acids is 1. The number of benzene rings is 2. The van der Waals surface area contributed by atoms with E-state index < -0.39 is 4.92 Å². The first-order chi connectivity index (χ1) is 12.3. The molecule has 1 saturated heterocycles. The number of nitrogens with one attached hydrogen (secondary N) is 1. The number of nitrogens with zero attached hydrogens (tertiary/aromatic N) is 2. The van der Waals surface area contributed by atoms with Gasteiger partial charge in [0.1, 0.15) is 5.02 Å². The largest absolute Gasteiger partial charge is 0.300 e. The van der Waals surface area contributed by atoms with Gasteiger partial charge in [-0.15, -0.1) is 0 Å². The van der Waals surface area contributed by atoms with Gasteiger partial charge in [0.15, 0.2) is 5.17 Å². The van der Waals surface area contributed by atoms with Crippen LogP contribution >= 0.6 is 23.4 Å². The average molecular weight is 388 g/mol. The van der Waals surface area contributed by atoms with Crippen molar-refractivity contribution in [2.45, 2.75) is 13.8 Å². The number of aliphatic imine (C=N–C) groups is 1. The Labute approximate surface area is 159 Å². The summed E-state index contributed by atoms with van der Waals surface area (Å²) < 4.78 is 0. The van der Waals surface area contributed by atoms with Crippen LogP contribution in [0.15, 0.2) is 46.3 Å². The topological polar surface area (TPSA) is 84.6 Å². The summed E-state index contributed by atoms with van der Waals surface area (Å²) in [5, 5.41) is 14.2. The number of carbonyl (C=O) groups is 1. The van der Waals surface area contributed by atoms with Gasteiger partial charge < -0.3 is 5.32 Å². The van der Waals surface area contributed by atoms with Crippen molar-refractivity contribution in [3.05, 3.63) is 73.1 Å². The lowest BCUT2D eigenvalue weighted by Gasteiger charge is -2.02. The number of amidine groups is 1. The summed E-state index contributed by atoms with van der Waals surface area (Å²) in [7, 11) is 0. The fourth-order valence-electron chi connectivity index (χ4n) is 2.34. The standard InChI is InChI=1S/C18H14ClN3O3S/c1-10-3-4-11(2)14(7-10)20-18-21-17(23)16(26-18)9-12-5-6-13(19)15(8-12)22(24)25/h3-9H,1-2H3,(H,20,21,23)/b16-9+. The third-order valence-corrected chi connectivity index (χ3v) is 4.93. The van der Waals surface area contributed by atoms with E-state index >= 15 is 0 Å². The van der Waals surface area contributed by atoms with Gasteiger partial charge in [0.2, 0.25) is 0 Å². The first-order valence-corrected chi connectivity index (χ1v) is 8.84. The molecule has 1 aliphatic rings. The van der Waals surface area contributed by atoms with Crippen molar-refractivity contribution in [3.63, 3.8) is 0 Å². The molecule has 6 nitrogen and oxygen atoms in total. The van der Waals surface area contributed by atoms with E-state index in [0.29, 0.717) is 15.6 Å². The van der Waals surface area contributed by atoms with Crippen molar-refractivity contribution in [2.75, 3.05) is 0 Å². The maximum absolute atomic E-state index is 12.2. The highest BCUT2D eigenvalue weighted by atomic mass is 35.5. The summed E-state index contributed by atoms with van der Waals surface area (Å²) in [6.07, 6.45) is 1.58. The second-order valence-electron chi connectivity index (χ2n) is 5.74. The fraction of sp³-hybridized carbons (Fsp3) is 0.111. The first-order valence-electron chi connectivity index (χ1n) is 7.64. The van der Waals surface area contributed by atoms with Gasteiger partial charge >= 0.3 is 0 Å². The number of halogens is 1. The molecule has 2 aromatic rings. The number of amides is 1. The summed E-state index contributed by atoms with van der Waals surface area (Å²) in [5.74, 6) is -0.295. The molecular formula is C18H14ClN3O3S. The normalized spacial score (nSPS) is 17.0. The monoisotopic (exact) mass is 387 g/mol. The third kappa shape index (κ3) is 3.95. The Hall–Kier alpha value is -2.64. The van der Waals surface area contributed by atoms with Crippen LogP contribution in [0.4, 0.5) is 11.4 Å². The van der Waals surface area contributed by atoms with E-state index in [0.717, 1.165) is 16.8 Å². The highest BCUT2D eigenvalue weighted by Gasteiger charge is 2.24. The molecule has 0 unspecified atom stereocenters. The van der Waals surface area contributed by atoms with E-state index in [9.17, 15) is 14.9 Å². The predicted octanol–water partition coefficient (Wildman–Crippen LogP) is 4.76. The number of hydrogen-bond acceptors (Lipinski definition) is 5. The molecule has 1 heterocycles. The molecule has 26 heavy (non-hydrogen) atoms. The molecule has 0 aliphatic carbocycles. The van der Waals surface area contributed by atoms with Crippen molar-refractivity contribution < 1.29 is 9.72 Å². The number of aryl methyl sites for hydroxylation is 2. The second-order valence-corrected chi connectivity index (χ2v) is 7.18. The van der Waals surface area contributed by atoms with E-state index in [-0.39, 0.29) is 16.6 Å². The molecule has 1 N–H and O–H groups in total. The van der Waals surface area contributed by atoms with Gasteiger partial charge in [-0.3, -0.25) is 14.9 Å². The molecule has 0 saturated carbocycles. The first kappa shape index (κ1) is 18.2. The summed E-state index contributed by atoms with van der Waals surface area (Å²) in [5.41, 5.74) is 3.19. The number of nitro benzene ring substituents is 1. The van der Waals surface area contributed by atoms with E-state index in [4.69, 9.17) is 11.6 Å². The minimum atomic E-state index is -0.556. The fourth-order valence-corrected chi connectivity index (χ4v) is 3.36. The zero-order valence-corrected chi connectivity index (χ0v) is 15.5. The number of nitro groups is 1. The maximum Gasteiger partial charge on any atom is 0.288 e. The molecular weight excluding hydrogens is 374 g/mol. The Morgan fingerprint density at radius 2 is 2.00 bits per heavy atom. The van der Waals surface area contributed by atoms with Gasteiger partial charge in [-0.25, -0.2) is 4.99 Å². The maximum atomic E-state index is 12.2. The van der Waals surface area contributed by atoms with Crippen molar-refractivity contribution >= 4 is 51.9 Å². The zero-order valence-electron chi connectivity index (χ0n) is 13.9. The molecule has 3 rings (SSSR count). The number of rotatable bonds is 3. The van der Waals surface area contributed by atoms with E-state index in [1.165, 1.54) is 23.9 Å². The van der Waals surface area contributed by atoms with Gasteiger partial charge in [-0.2, -0.15) is 0 Å². The number of hydrogen-bond donors (Lipinski definition) is 1. The Morgan fingerprint density at radius 3 is 2.73 bits per heavy atom. The molecule has 0 atom stereocenters. The zero-order chi connectivity index (χ0) is 18.8. The van der Waals surface area contributed by atoms with Crippen LogP contribution in [0.2, 0.25) is 5.02 Å². The average Bonchev–Trinajstić information content (AvgIpc) is 2.92. The molecule has 0 radical (unpaired) electrons. The summed E-state index contributed by atoms with van der Waals surface area (Å²) in [4.78, 5) is 27.5. The van der Waals surface area contributed by atoms with E-state index in [1.54, 1.807) is 12.1 Å². The second kappa shape index (κ2) is 7.31. The van der Waals surface area contributed by atoms with Crippen LogP contribution < -0.4 is 5.32 Å². The van der Waals surface area contributed by atoms with Crippen LogP contribution in [0.5, 0.6) is 0 Å². The lowest BCUT2D eigenvalue weighted by molar-refractivity contribution is -0.384. The lowest BCUT2D eigenvalue weighted by Crippen LogP contribution is -2.19. The van der Waals surface area contributed by atoms with Gasteiger partial charge in [0.05, 0.1) is 15.5 Å². The van der Waals surface area contributed by atoms with Crippen molar-refractivity contribution in [1.82, 2.24) is 5.32 Å². The molecule has 1 aliphatic heterocycles. The molecule has 2 aromatic carbocycles. The van der Waals surface area contributed by atoms with Crippen LogP contribution in [0.3, 0.4) is 0 Å². The Kier molecular flexibility index (Phi) is 5.11. The van der Waals surface area contributed by atoms with Crippen LogP contribution in [-0.4, -0.2) is 16.0 Å².